The molecule has 0 aromatic carbocycles. The number of amides is 1. The minimum absolute atomic E-state index is 0.251. The Kier molecular flexibility index (Phi) is 7.79. The number of aromatic nitrogens is 1. The average molecular weight is 488 g/mol. The zero-order valence-electron chi connectivity index (χ0n) is 19.4. The number of morpholine rings is 1. The van der Waals surface area contributed by atoms with Gasteiger partial charge in [0, 0.05) is 24.2 Å². The number of nitrogens with one attached hydrogen (secondary N) is 1. The van der Waals surface area contributed by atoms with Crippen molar-refractivity contribution in [3.05, 3.63) is 39.9 Å². The topological polar surface area (TPSA) is 107 Å². The number of rotatable bonds is 7. The first-order chi connectivity index (χ1) is 16.5. The van der Waals surface area contributed by atoms with Gasteiger partial charge in [0.1, 0.15) is 16.4 Å². The van der Waals surface area contributed by atoms with E-state index in [1.807, 2.05) is 4.90 Å². The molecular formula is C24H29N3O6S. The molecule has 1 fully saturated rings. The maximum Gasteiger partial charge on any atom is 0.342 e. The monoisotopic (exact) mass is 487 g/mol. The summed E-state index contributed by atoms with van der Waals surface area (Å²) < 4.78 is 15.9. The van der Waals surface area contributed by atoms with Gasteiger partial charge in [0.15, 0.2) is 6.61 Å². The fraction of sp³-hybridized carbons (Fsp3) is 0.500. The van der Waals surface area contributed by atoms with Crippen LogP contribution in [-0.4, -0.2) is 62.3 Å². The molecule has 3 heterocycles. The summed E-state index contributed by atoms with van der Waals surface area (Å²) in [7, 11) is 0. The van der Waals surface area contributed by atoms with Crippen LogP contribution in [-0.2, 0) is 31.8 Å². The van der Waals surface area contributed by atoms with E-state index in [2.05, 4.69) is 17.2 Å². The third-order valence-corrected chi connectivity index (χ3v) is 7.07. The fourth-order valence-corrected chi connectivity index (χ4v) is 5.63. The van der Waals surface area contributed by atoms with Gasteiger partial charge >= 0.3 is 11.9 Å². The molecule has 10 heteroatoms. The highest BCUT2D eigenvalue weighted by Gasteiger charge is 2.29. The molecule has 1 aliphatic heterocycles. The summed E-state index contributed by atoms with van der Waals surface area (Å²) in [6, 6.07) is 3.29. The van der Waals surface area contributed by atoms with Crippen molar-refractivity contribution >= 4 is 40.0 Å². The fourth-order valence-electron chi connectivity index (χ4n) is 4.21. The molecule has 4 rings (SSSR count). The third-order valence-electron chi connectivity index (χ3n) is 5.90. The summed E-state index contributed by atoms with van der Waals surface area (Å²) in [5.74, 6) is -0.545. The van der Waals surface area contributed by atoms with Crippen LogP contribution in [0.2, 0.25) is 0 Å². The maximum atomic E-state index is 12.7. The molecule has 182 valence electrons. The Hall–Kier alpha value is -2.98. The summed E-state index contributed by atoms with van der Waals surface area (Å²) >= 11 is 1.40. The van der Waals surface area contributed by atoms with E-state index >= 15 is 0 Å². The molecule has 1 amide bonds. The predicted octanol–water partition coefficient (Wildman–Crippen LogP) is 3.08. The maximum absolute atomic E-state index is 12.7. The van der Waals surface area contributed by atoms with Crippen molar-refractivity contribution < 1.29 is 28.6 Å². The Morgan fingerprint density at radius 2 is 2.03 bits per heavy atom. The van der Waals surface area contributed by atoms with Crippen molar-refractivity contribution in [2.75, 3.05) is 49.7 Å². The number of carbonyl (C=O) groups excluding carboxylic acids is 3. The van der Waals surface area contributed by atoms with E-state index in [4.69, 9.17) is 14.2 Å². The average Bonchev–Trinajstić information content (AvgIpc) is 3.20. The van der Waals surface area contributed by atoms with Crippen LogP contribution >= 0.6 is 11.3 Å². The molecule has 0 spiro atoms. The largest absolute Gasteiger partial charge is 0.462 e. The second kappa shape index (κ2) is 11.0. The zero-order valence-corrected chi connectivity index (χ0v) is 20.2. The van der Waals surface area contributed by atoms with E-state index in [0.717, 1.165) is 29.7 Å². The van der Waals surface area contributed by atoms with Crippen LogP contribution in [0.15, 0.2) is 18.3 Å². The summed E-state index contributed by atoms with van der Waals surface area (Å²) in [4.78, 5) is 45.4. The number of thiophene rings is 1. The number of fused-ring (bicyclic) bond motifs is 1. The van der Waals surface area contributed by atoms with Crippen LogP contribution < -0.4 is 10.2 Å². The van der Waals surface area contributed by atoms with Gasteiger partial charge < -0.3 is 24.4 Å². The normalized spacial score (nSPS) is 17.6. The SMILES string of the molecule is CCOC(=O)c1c(NC(=O)COC(=O)c2cccnc2N2CCOCC2)sc2c1CCC(C)C2. The molecule has 1 saturated heterocycles. The smallest absolute Gasteiger partial charge is 0.342 e. The summed E-state index contributed by atoms with van der Waals surface area (Å²) in [6.07, 6.45) is 4.24. The van der Waals surface area contributed by atoms with Gasteiger partial charge in [0.25, 0.3) is 5.91 Å². The Morgan fingerprint density at radius 1 is 1.24 bits per heavy atom. The third kappa shape index (κ3) is 5.39. The molecule has 2 aromatic heterocycles. The number of ether oxygens (including phenoxy) is 3. The van der Waals surface area contributed by atoms with Gasteiger partial charge in [-0.15, -0.1) is 11.3 Å². The van der Waals surface area contributed by atoms with Gasteiger partial charge in [0.05, 0.1) is 25.4 Å². The molecule has 1 atom stereocenters. The number of anilines is 2. The number of nitrogens with zero attached hydrogens (tertiary/aromatic N) is 2. The highest BCUT2D eigenvalue weighted by Crippen LogP contribution is 2.40. The van der Waals surface area contributed by atoms with E-state index in [0.29, 0.717) is 54.2 Å². The number of pyridine rings is 1. The van der Waals surface area contributed by atoms with Gasteiger partial charge in [-0.25, -0.2) is 14.6 Å². The standard InChI is InChI=1S/C24H29N3O6S/c1-3-32-24(30)20-16-7-6-15(2)13-18(16)34-22(20)26-19(28)14-33-23(29)17-5-4-8-25-21(17)27-9-11-31-12-10-27/h4-5,8,15H,3,6-7,9-14H2,1-2H3,(H,26,28). The van der Waals surface area contributed by atoms with Crippen molar-refractivity contribution in [3.63, 3.8) is 0 Å². The lowest BCUT2D eigenvalue weighted by molar-refractivity contribution is -0.119. The van der Waals surface area contributed by atoms with Gasteiger partial charge in [-0.05, 0) is 49.8 Å². The number of hydrogen-bond acceptors (Lipinski definition) is 9. The first kappa shape index (κ1) is 24.2. The first-order valence-electron chi connectivity index (χ1n) is 11.5. The van der Waals surface area contributed by atoms with Crippen molar-refractivity contribution in [2.24, 2.45) is 5.92 Å². The lowest BCUT2D eigenvalue weighted by Crippen LogP contribution is -2.37. The van der Waals surface area contributed by atoms with E-state index < -0.39 is 24.5 Å². The van der Waals surface area contributed by atoms with Crippen LogP contribution in [0.1, 0.15) is 51.4 Å². The molecule has 0 bridgehead atoms. The molecule has 34 heavy (non-hydrogen) atoms. The minimum Gasteiger partial charge on any atom is -0.462 e. The lowest BCUT2D eigenvalue weighted by atomic mass is 9.88. The molecule has 9 nitrogen and oxygen atoms in total. The van der Waals surface area contributed by atoms with Gasteiger partial charge in [-0.3, -0.25) is 4.79 Å². The summed E-state index contributed by atoms with van der Waals surface area (Å²) in [5.41, 5.74) is 1.68. The van der Waals surface area contributed by atoms with E-state index in [1.165, 1.54) is 11.3 Å². The highest BCUT2D eigenvalue weighted by molar-refractivity contribution is 7.17. The molecule has 0 radical (unpaired) electrons. The number of hydrogen-bond donors (Lipinski definition) is 1. The minimum atomic E-state index is -0.630. The zero-order chi connectivity index (χ0) is 24.1. The first-order valence-corrected chi connectivity index (χ1v) is 12.4. The van der Waals surface area contributed by atoms with Crippen LogP contribution in [0.4, 0.5) is 10.8 Å². The van der Waals surface area contributed by atoms with Crippen molar-refractivity contribution in [2.45, 2.75) is 33.1 Å². The number of carbonyl (C=O) groups is 3. The van der Waals surface area contributed by atoms with E-state index in [1.54, 1.807) is 25.3 Å². The second-order valence-electron chi connectivity index (χ2n) is 8.37. The van der Waals surface area contributed by atoms with Gasteiger partial charge in [-0.1, -0.05) is 6.92 Å². The quantitative estimate of drug-likeness (QED) is 0.594. The van der Waals surface area contributed by atoms with E-state index in [9.17, 15) is 14.4 Å². The van der Waals surface area contributed by atoms with Gasteiger partial charge in [-0.2, -0.15) is 0 Å². The molecule has 1 unspecified atom stereocenters. The van der Waals surface area contributed by atoms with Crippen LogP contribution in [0.5, 0.6) is 0 Å². The highest BCUT2D eigenvalue weighted by atomic mass is 32.1. The Balaban J connectivity index is 1.44. The molecular weight excluding hydrogens is 458 g/mol. The van der Waals surface area contributed by atoms with Crippen LogP contribution in [0.25, 0.3) is 0 Å². The Morgan fingerprint density at radius 3 is 2.79 bits per heavy atom. The molecule has 2 aromatic rings. The van der Waals surface area contributed by atoms with Crippen molar-refractivity contribution in [1.82, 2.24) is 4.98 Å². The Labute approximate surface area is 202 Å². The van der Waals surface area contributed by atoms with Crippen LogP contribution in [0, 0.1) is 5.92 Å². The summed E-state index contributed by atoms with van der Waals surface area (Å²) in [6.45, 7) is 6.05. The van der Waals surface area contributed by atoms with Crippen molar-refractivity contribution in [3.8, 4) is 0 Å². The van der Waals surface area contributed by atoms with Crippen molar-refractivity contribution in [1.29, 1.82) is 0 Å². The van der Waals surface area contributed by atoms with Crippen LogP contribution in [0.3, 0.4) is 0 Å². The second-order valence-corrected chi connectivity index (χ2v) is 9.48. The van der Waals surface area contributed by atoms with Gasteiger partial charge in [0.2, 0.25) is 0 Å². The lowest BCUT2D eigenvalue weighted by Gasteiger charge is -2.28. The number of esters is 2. The Bertz CT molecular complexity index is 1060. The molecule has 1 aliphatic carbocycles. The molecule has 1 N–H and O–H groups in total. The predicted molar refractivity (Wildman–Crippen MR) is 128 cm³/mol. The molecule has 0 saturated carbocycles. The molecule has 2 aliphatic rings. The van der Waals surface area contributed by atoms with E-state index in [-0.39, 0.29) is 6.61 Å². The summed E-state index contributed by atoms with van der Waals surface area (Å²) in [5, 5.41) is 3.22.